The molecular weight excluding hydrogens is 310 g/mol. The molecule has 1 aromatic carbocycles. The van der Waals surface area contributed by atoms with Gasteiger partial charge in [-0.15, -0.1) is 11.3 Å². The lowest BCUT2D eigenvalue weighted by molar-refractivity contribution is 0.283. The SMILES string of the molecule is OCc1cccc2ccn(Cc3sccc3Br)c12. The number of benzene rings is 1. The van der Waals surface area contributed by atoms with E-state index in [2.05, 4.69) is 50.3 Å². The molecule has 0 unspecified atom stereocenters. The first-order chi connectivity index (χ1) is 8.79. The Morgan fingerprint density at radius 3 is 2.83 bits per heavy atom. The van der Waals surface area contributed by atoms with Crippen LogP contribution in [-0.2, 0) is 13.2 Å². The van der Waals surface area contributed by atoms with Gasteiger partial charge in [-0.05, 0) is 38.8 Å². The van der Waals surface area contributed by atoms with E-state index in [1.807, 2.05) is 12.1 Å². The standard InChI is InChI=1S/C14H12BrNOS/c15-12-5-7-18-13(12)8-16-6-4-10-2-1-3-11(9-17)14(10)16/h1-7,17H,8-9H2. The fraction of sp³-hybridized carbons (Fsp3) is 0.143. The molecule has 0 aliphatic rings. The molecule has 0 fully saturated rings. The van der Waals surface area contributed by atoms with E-state index in [-0.39, 0.29) is 6.61 Å². The summed E-state index contributed by atoms with van der Waals surface area (Å²) in [6.07, 6.45) is 2.08. The largest absolute Gasteiger partial charge is 0.392 e. The highest BCUT2D eigenvalue weighted by molar-refractivity contribution is 9.10. The Labute approximate surface area is 118 Å². The molecule has 0 radical (unpaired) electrons. The molecule has 1 N–H and O–H groups in total. The second kappa shape index (κ2) is 4.88. The van der Waals surface area contributed by atoms with Crippen molar-refractivity contribution in [2.45, 2.75) is 13.2 Å². The predicted molar refractivity (Wildman–Crippen MR) is 79.0 cm³/mol. The van der Waals surface area contributed by atoms with Crippen molar-refractivity contribution in [3.8, 4) is 0 Å². The lowest BCUT2D eigenvalue weighted by atomic mass is 10.1. The van der Waals surface area contributed by atoms with Crippen LogP contribution in [-0.4, -0.2) is 9.67 Å². The minimum absolute atomic E-state index is 0.0764. The van der Waals surface area contributed by atoms with Gasteiger partial charge in [0, 0.05) is 21.1 Å². The summed E-state index contributed by atoms with van der Waals surface area (Å²) in [7, 11) is 0. The second-order valence-corrected chi connectivity index (χ2v) is 6.00. The quantitative estimate of drug-likeness (QED) is 0.774. The first-order valence-corrected chi connectivity index (χ1v) is 7.36. The lowest BCUT2D eigenvalue weighted by Gasteiger charge is -2.07. The second-order valence-electron chi connectivity index (χ2n) is 4.15. The molecule has 3 aromatic rings. The van der Waals surface area contributed by atoms with E-state index in [0.717, 1.165) is 22.1 Å². The normalized spacial score (nSPS) is 11.2. The summed E-state index contributed by atoms with van der Waals surface area (Å²) in [5.41, 5.74) is 2.10. The van der Waals surface area contributed by atoms with Crippen LogP contribution in [0.5, 0.6) is 0 Å². The number of nitrogens with zero attached hydrogens (tertiary/aromatic N) is 1. The molecule has 2 aromatic heterocycles. The van der Waals surface area contributed by atoms with Crippen LogP contribution in [0.25, 0.3) is 10.9 Å². The van der Waals surface area contributed by atoms with E-state index < -0.39 is 0 Å². The zero-order chi connectivity index (χ0) is 12.5. The smallest absolute Gasteiger partial charge is 0.0702 e. The van der Waals surface area contributed by atoms with Gasteiger partial charge in [-0.25, -0.2) is 0 Å². The van der Waals surface area contributed by atoms with E-state index >= 15 is 0 Å². The van der Waals surface area contributed by atoms with E-state index in [1.54, 1.807) is 11.3 Å². The molecule has 2 heterocycles. The molecule has 2 nitrogen and oxygen atoms in total. The molecule has 0 bridgehead atoms. The number of para-hydroxylation sites is 1. The van der Waals surface area contributed by atoms with Crippen molar-refractivity contribution in [2.75, 3.05) is 0 Å². The Morgan fingerprint density at radius 1 is 1.22 bits per heavy atom. The summed E-state index contributed by atoms with van der Waals surface area (Å²) < 4.78 is 3.34. The maximum Gasteiger partial charge on any atom is 0.0702 e. The lowest BCUT2D eigenvalue weighted by Crippen LogP contribution is -1.99. The molecule has 0 spiro atoms. The van der Waals surface area contributed by atoms with Crippen molar-refractivity contribution >= 4 is 38.2 Å². The van der Waals surface area contributed by atoms with Crippen LogP contribution < -0.4 is 0 Å². The van der Waals surface area contributed by atoms with Crippen molar-refractivity contribution in [2.24, 2.45) is 0 Å². The molecule has 0 atom stereocenters. The molecule has 0 saturated heterocycles. The number of aliphatic hydroxyl groups excluding tert-OH is 1. The Kier molecular flexibility index (Phi) is 3.24. The van der Waals surface area contributed by atoms with Crippen LogP contribution in [0.1, 0.15) is 10.4 Å². The Morgan fingerprint density at radius 2 is 2.11 bits per heavy atom. The van der Waals surface area contributed by atoms with Crippen molar-refractivity contribution in [1.29, 1.82) is 0 Å². The van der Waals surface area contributed by atoms with Crippen LogP contribution in [0.4, 0.5) is 0 Å². The van der Waals surface area contributed by atoms with Gasteiger partial charge in [-0.1, -0.05) is 18.2 Å². The van der Waals surface area contributed by atoms with Gasteiger partial charge in [-0.3, -0.25) is 0 Å². The van der Waals surface area contributed by atoms with Crippen LogP contribution in [0.15, 0.2) is 46.4 Å². The minimum atomic E-state index is 0.0764. The summed E-state index contributed by atoms with van der Waals surface area (Å²) >= 11 is 5.30. The molecule has 0 amide bonds. The third kappa shape index (κ3) is 2.00. The van der Waals surface area contributed by atoms with Crippen molar-refractivity contribution in [3.63, 3.8) is 0 Å². The molecule has 18 heavy (non-hydrogen) atoms. The molecule has 0 aliphatic carbocycles. The molecule has 0 aliphatic heterocycles. The van der Waals surface area contributed by atoms with Crippen molar-refractivity contribution < 1.29 is 5.11 Å². The van der Waals surface area contributed by atoms with E-state index in [4.69, 9.17) is 0 Å². The van der Waals surface area contributed by atoms with Gasteiger partial charge >= 0.3 is 0 Å². The molecule has 3 rings (SSSR count). The van der Waals surface area contributed by atoms with Crippen LogP contribution in [0.3, 0.4) is 0 Å². The number of hydrogen-bond donors (Lipinski definition) is 1. The molecule has 4 heteroatoms. The van der Waals surface area contributed by atoms with Gasteiger partial charge in [0.15, 0.2) is 0 Å². The van der Waals surface area contributed by atoms with Gasteiger partial charge in [-0.2, -0.15) is 0 Å². The third-order valence-corrected chi connectivity index (χ3v) is 4.96. The van der Waals surface area contributed by atoms with Gasteiger partial charge in [0.25, 0.3) is 0 Å². The number of rotatable bonds is 3. The summed E-state index contributed by atoms with van der Waals surface area (Å²) in [4.78, 5) is 1.29. The van der Waals surface area contributed by atoms with E-state index in [1.165, 1.54) is 10.3 Å². The Bertz CT molecular complexity index is 686. The average molecular weight is 322 g/mol. The van der Waals surface area contributed by atoms with Crippen LogP contribution in [0.2, 0.25) is 0 Å². The third-order valence-electron chi connectivity index (χ3n) is 3.05. The van der Waals surface area contributed by atoms with Crippen LogP contribution in [0, 0.1) is 0 Å². The van der Waals surface area contributed by atoms with Gasteiger partial charge in [0.05, 0.1) is 18.7 Å². The number of thiophene rings is 1. The highest BCUT2D eigenvalue weighted by Crippen LogP contribution is 2.27. The number of aromatic nitrogens is 1. The number of hydrogen-bond acceptors (Lipinski definition) is 2. The number of aliphatic hydroxyl groups is 1. The van der Waals surface area contributed by atoms with Gasteiger partial charge in [0.2, 0.25) is 0 Å². The predicted octanol–water partition coefficient (Wildman–Crippen LogP) is 4.01. The van der Waals surface area contributed by atoms with Crippen molar-refractivity contribution in [1.82, 2.24) is 4.57 Å². The highest BCUT2D eigenvalue weighted by atomic mass is 79.9. The first kappa shape index (κ1) is 12.0. The zero-order valence-electron chi connectivity index (χ0n) is 9.64. The average Bonchev–Trinajstić information content (AvgIpc) is 2.97. The summed E-state index contributed by atoms with van der Waals surface area (Å²) in [5.74, 6) is 0. The summed E-state index contributed by atoms with van der Waals surface area (Å²) in [5, 5.41) is 12.7. The van der Waals surface area contributed by atoms with Crippen LogP contribution >= 0.6 is 27.3 Å². The maximum absolute atomic E-state index is 9.44. The molecular formula is C14H12BrNOS. The zero-order valence-corrected chi connectivity index (χ0v) is 12.0. The topological polar surface area (TPSA) is 25.2 Å². The van der Waals surface area contributed by atoms with Gasteiger partial charge in [0.1, 0.15) is 0 Å². The summed E-state index contributed by atoms with van der Waals surface area (Å²) in [6.45, 7) is 0.908. The minimum Gasteiger partial charge on any atom is -0.392 e. The first-order valence-electron chi connectivity index (χ1n) is 5.69. The highest BCUT2D eigenvalue weighted by Gasteiger charge is 2.08. The Balaban J connectivity index is 2.10. The monoisotopic (exact) mass is 321 g/mol. The van der Waals surface area contributed by atoms with Gasteiger partial charge < -0.3 is 9.67 Å². The number of halogens is 1. The molecule has 0 saturated carbocycles. The number of fused-ring (bicyclic) bond motifs is 1. The summed E-state index contributed by atoms with van der Waals surface area (Å²) in [6, 6.07) is 10.2. The maximum atomic E-state index is 9.44. The van der Waals surface area contributed by atoms with E-state index in [0.29, 0.717) is 0 Å². The van der Waals surface area contributed by atoms with E-state index in [9.17, 15) is 5.11 Å². The fourth-order valence-corrected chi connectivity index (χ4v) is 3.67. The Hall–Kier alpha value is -1.10. The fourth-order valence-electron chi connectivity index (χ4n) is 2.19. The molecule has 92 valence electrons. The van der Waals surface area contributed by atoms with Crippen molar-refractivity contribution in [3.05, 3.63) is 56.8 Å².